The second kappa shape index (κ2) is 9.64. The van der Waals surface area contributed by atoms with Gasteiger partial charge in [0.1, 0.15) is 0 Å². The predicted octanol–water partition coefficient (Wildman–Crippen LogP) is 5.48. The van der Waals surface area contributed by atoms with Crippen molar-refractivity contribution in [3.63, 3.8) is 0 Å². The Bertz CT molecular complexity index is 750. The van der Waals surface area contributed by atoms with Crippen LogP contribution in [-0.2, 0) is 19.6 Å². The molecule has 1 N–H and O–H groups in total. The number of halogens is 16. The molecule has 0 atom stereocenters. The Morgan fingerprint density at radius 1 is 0.618 bits per heavy atom. The van der Waals surface area contributed by atoms with Crippen LogP contribution in [0.25, 0.3) is 0 Å². The molecule has 0 radical (unpaired) electrons. The molecule has 0 spiro atoms. The molecule has 0 aliphatic rings. The van der Waals surface area contributed by atoms with Crippen LogP contribution in [-0.4, -0.2) is 67.9 Å². The minimum atomic E-state index is -7.77. The summed E-state index contributed by atoms with van der Waals surface area (Å²) in [5.74, 6) is -5.35. The van der Waals surface area contributed by atoms with E-state index in [-0.39, 0.29) is 0 Å². The topological polar surface area (TPSA) is 72.8 Å². The van der Waals surface area contributed by atoms with Gasteiger partial charge in [0.25, 0.3) is 10.1 Å². The zero-order chi connectivity index (χ0) is 27.8. The lowest BCUT2D eigenvalue weighted by Gasteiger charge is -2.38. The Hall–Kier alpha value is -1.29. The molecule has 0 rings (SSSR count). The fourth-order valence-corrected chi connectivity index (χ4v) is 3.24. The summed E-state index contributed by atoms with van der Waals surface area (Å²) in [5, 5.41) is 0. The maximum Gasteiger partial charge on any atom is 0.428 e. The van der Waals surface area contributed by atoms with Gasteiger partial charge in [0, 0.05) is 0 Å². The first-order chi connectivity index (χ1) is 14.6. The standard InChI is InChI=1S/C12H10F16O5S/c13-6(14,15)5(7(16,17)18)8(19,20)32-3-1-2-4-33-12(27,28)9(10(21,22)23,11(24,25)26)34(29,30)31/h5H,1-4H2,(H,29,30,31). The Morgan fingerprint density at radius 3 is 1.21 bits per heavy atom. The summed E-state index contributed by atoms with van der Waals surface area (Å²) in [4.78, 5) is 0. The van der Waals surface area contributed by atoms with E-state index in [0.29, 0.717) is 0 Å². The van der Waals surface area contributed by atoms with Gasteiger partial charge in [0.15, 0.2) is 0 Å². The van der Waals surface area contributed by atoms with E-state index >= 15 is 0 Å². The van der Waals surface area contributed by atoms with Crippen LogP contribution in [0.15, 0.2) is 0 Å². The van der Waals surface area contributed by atoms with Crippen LogP contribution in [0.3, 0.4) is 0 Å². The Labute approximate surface area is 177 Å². The molecule has 0 saturated heterocycles. The highest BCUT2D eigenvalue weighted by Crippen LogP contribution is 2.56. The van der Waals surface area contributed by atoms with E-state index in [1.165, 1.54) is 0 Å². The fraction of sp³-hybridized carbons (Fsp3) is 1.00. The van der Waals surface area contributed by atoms with Gasteiger partial charge in [-0.05, 0) is 12.8 Å². The van der Waals surface area contributed by atoms with Gasteiger partial charge in [0.2, 0.25) is 5.92 Å². The highest BCUT2D eigenvalue weighted by atomic mass is 32.2. The molecule has 0 aromatic rings. The van der Waals surface area contributed by atoms with Crippen molar-refractivity contribution in [3.05, 3.63) is 0 Å². The average Bonchev–Trinajstić information content (AvgIpc) is 2.41. The second-order valence-corrected chi connectivity index (χ2v) is 7.71. The van der Waals surface area contributed by atoms with Crippen LogP contribution in [0.1, 0.15) is 12.8 Å². The maximum absolute atomic E-state index is 13.7. The SMILES string of the molecule is O=S(=O)(O)C(C(F)(F)F)(C(F)(F)F)C(F)(F)OCCCCOC(F)(F)C(C(F)(F)F)C(F)(F)F. The quantitative estimate of drug-likeness (QED) is 0.214. The molecule has 0 saturated carbocycles. The van der Waals surface area contributed by atoms with E-state index in [1.807, 2.05) is 0 Å². The van der Waals surface area contributed by atoms with Gasteiger partial charge in [-0.2, -0.15) is 78.7 Å². The number of unbranched alkanes of at least 4 members (excludes halogenated alkanes) is 1. The molecule has 0 amide bonds. The molecular weight excluding hydrogens is 560 g/mol. The summed E-state index contributed by atoms with van der Waals surface area (Å²) in [5.41, 5.74) is 0. The first-order valence-corrected chi connectivity index (χ1v) is 9.29. The first kappa shape index (κ1) is 32.7. The number of rotatable bonds is 10. The molecule has 206 valence electrons. The molecule has 0 aromatic heterocycles. The van der Waals surface area contributed by atoms with Crippen molar-refractivity contribution in [2.45, 2.75) is 54.5 Å². The molecule has 22 heteroatoms. The molecule has 0 aromatic carbocycles. The summed E-state index contributed by atoms with van der Waals surface area (Å²) in [6.07, 6.45) is -43.5. The lowest BCUT2D eigenvalue weighted by Crippen LogP contribution is -2.72. The van der Waals surface area contributed by atoms with Crippen molar-refractivity contribution in [2.24, 2.45) is 5.92 Å². The van der Waals surface area contributed by atoms with Gasteiger partial charge in [-0.3, -0.25) is 4.55 Å². The molecule has 0 fully saturated rings. The van der Waals surface area contributed by atoms with Crippen molar-refractivity contribution in [1.29, 1.82) is 0 Å². The summed E-state index contributed by atoms with van der Waals surface area (Å²) < 4.78 is 232. The van der Waals surface area contributed by atoms with Gasteiger partial charge >= 0.3 is 41.7 Å². The average molecular weight is 570 g/mol. The van der Waals surface area contributed by atoms with Crippen LogP contribution < -0.4 is 0 Å². The zero-order valence-corrected chi connectivity index (χ0v) is 16.3. The lowest BCUT2D eigenvalue weighted by atomic mass is 10.1. The zero-order valence-electron chi connectivity index (χ0n) is 15.4. The predicted molar refractivity (Wildman–Crippen MR) is 73.0 cm³/mol. The van der Waals surface area contributed by atoms with E-state index in [1.54, 1.807) is 0 Å². The minimum Gasteiger partial charge on any atom is -0.320 e. The first-order valence-electron chi connectivity index (χ1n) is 7.85. The van der Waals surface area contributed by atoms with Crippen molar-refractivity contribution in [3.8, 4) is 0 Å². The summed E-state index contributed by atoms with van der Waals surface area (Å²) in [6.45, 7) is -3.88. The van der Waals surface area contributed by atoms with Crippen LogP contribution in [0, 0.1) is 5.92 Å². The van der Waals surface area contributed by atoms with Crippen molar-refractivity contribution in [2.75, 3.05) is 13.2 Å². The van der Waals surface area contributed by atoms with E-state index in [4.69, 9.17) is 4.55 Å². The van der Waals surface area contributed by atoms with Crippen LogP contribution >= 0.6 is 0 Å². The van der Waals surface area contributed by atoms with Crippen LogP contribution in [0.5, 0.6) is 0 Å². The van der Waals surface area contributed by atoms with Crippen LogP contribution in [0.2, 0.25) is 0 Å². The van der Waals surface area contributed by atoms with Gasteiger partial charge in [-0.1, -0.05) is 0 Å². The van der Waals surface area contributed by atoms with Crippen molar-refractivity contribution in [1.82, 2.24) is 0 Å². The second-order valence-electron chi connectivity index (χ2n) is 6.15. The molecule has 0 heterocycles. The van der Waals surface area contributed by atoms with Crippen molar-refractivity contribution < 1.29 is 92.7 Å². The smallest absolute Gasteiger partial charge is 0.320 e. The molecule has 0 aliphatic heterocycles. The third-order valence-corrected chi connectivity index (χ3v) is 5.18. The Morgan fingerprint density at radius 2 is 0.941 bits per heavy atom. The van der Waals surface area contributed by atoms with Crippen LogP contribution in [0.4, 0.5) is 70.2 Å². The minimum absolute atomic E-state index is 1.30. The van der Waals surface area contributed by atoms with E-state index < -0.39 is 83.8 Å². The Kier molecular flexibility index (Phi) is 9.27. The molecular formula is C12H10F16O5S. The largest absolute Gasteiger partial charge is 0.428 e. The van der Waals surface area contributed by atoms with E-state index in [2.05, 4.69) is 9.47 Å². The summed E-state index contributed by atoms with van der Waals surface area (Å²) >= 11 is 0. The van der Waals surface area contributed by atoms with Gasteiger partial charge in [0.05, 0.1) is 13.2 Å². The van der Waals surface area contributed by atoms with Crippen molar-refractivity contribution >= 4 is 10.1 Å². The summed E-state index contributed by atoms with van der Waals surface area (Å²) in [6, 6.07) is 0. The van der Waals surface area contributed by atoms with Gasteiger partial charge in [-0.15, -0.1) is 0 Å². The number of alkyl halides is 16. The normalized spacial score (nSPS) is 15.8. The molecule has 0 bridgehead atoms. The fourth-order valence-electron chi connectivity index (χ4n) is 2.30. The van der Waals surface area contributed by atoms with E-state index in [9.17, 15) is 78.7 Å². The highest BCUT2D eigenvalue weighted by molar-refractivity contribution is 7.87. The number of ether oxygens (including phenoxy) is 2. The molecule has 5 nitrogen and oxygen atoms in total. The van der Waals surface area contributed by atoms with E-state index in [0.717, 1.165) is 0 Å². The Balaban J connectivity index is 5.42. The monoisotopic (exact) mass is 570 g/mol. The maximum atomic E-state index is 13.7. The molecule has 0 aliphatic carbocycles. The third-order valence-electron chi connectivity index (χ3n) is 3.70. The lowest BCUT2D eigenvalue weighted by molar-refractivity contribution is -0.400. The molecule has 34 heavy (non-hydrogen) atoms. The van der Waals surface area contributed by atoms with Gasteiger partial charge in [-0.25, -0.2) is 0 Å². The number of hydrogen-bond acceptors (Lipinski definition) is 4. The van der Waals surface area contributed by atoms with Gasteiger partial charge < -0.3 is 9.47 Å². The summed E-state index contributed by atoms with van der Waals surface area (Å²) in [7, 11) is -7.77. The third kappa shape index (κ3) is 6.68. The highest BCUT2D eigenvalue weighted by Gasteiger charge is 2.91. The molecule has 0 unspecified atom stereocenters. The number of hydrogen-bond donors (Lipinski definition) is 1.